The Morgan fingerprint density at radius 2 is 2.17 bits per heavy atom. The van der Waals surface area contributed by atoms with Crippen molar-refractivity contribution < 1.29 is 9.18 Å². The van der Waals surface area contributed by atoms with Crippen LogP contribution in [0.4, 0.5) is 4.39 Å². The molecule has 2 rings (SSSR count). The highest BCUT2D eigenvalue weighted by molar-refractivity contribution is 5.80. The van der Waals surface area contributed by atoms with E-state index in [-0.39, 0.29) is 31.1 Å². The first kappa shape index (κ1) is 12.4. The highest BCUT2D eigenvalue weighted by Crippen LogP contribution is 2.07. The Morgan fingerprint density at radius 1 is 1.39 bits per heavy atom. The van der Waals surface area contributed by atoms with Gasteiger partial charge in [-0.05, 0) is 11.6 Å². The zero-order valence-corrected chi connectivity index (χ0v) is 9.71. The SMILES string of the molecule is NCc1cn(CC(=O)Cc2ccccc2F)nn1. The molecule has 0 fully saturated rings. The van der Waals surface area contributed by atoms with Crippen LogP contribution in [-0.4, -0.2) is 20.8 Å². The molecule has 0 saturated carbocycles. The van der Waals surface area contributed by atoms with Crippen molar-refractivity contribution in [1.29, 1.82) is 0 Å². The zero-order chi connectivity index (χ0) is 13.0. The summed E-state index contributed by atoms with van der Waals surface area (Å²) in [6.45, 7) is 0.350. The molecule has 94 valence electrons. The Morgan fingerprint density at radius 3 is 2.83 bits per heavy atom. The quantitative estimate of drug-likeness (QED) is 0.844. The second-order valence-electron chi connectivity index (χ2n) is 3.92. The molecule has 1 heterocycles. The molecule has 1 aromatic carbocycles. The Bertz CT molecular complexity index is 553. The van der Waals surface area contributed by atoms with E-state index in [9.17, 15) is 9.18 Å². The van der Waals surface area contributed by atoms with E-state index in [1.807, 2.05) is 0 Å². The number of nitrogens with two attached hydrogens (primary N) is 1. The number of hydrogen-bond donors (Lipinski definition) is 1. The molecule has 0 aliphatic rings. The maximum atomic E-state index is 13.3. The van der Waals surface area contributed by atoms with Crippen LogP contribution in [-0.2, 0) is 24.3 Å². The number of ketones is 1. The van der Waals surface area contributed by atoms with Crippen molar-refractivity contribution in [2.24, 2.45) is 5.73 Å². The first-order valence-electron chi connectivity index (χ1n) is 5.53. The number of aromatic nitrogens is 3. The van der Waals surface area contributed by atoms with E-state index < -0.39 is 0 Å². The zero-order valence-electron chi connectivity index (χ0n) is 9.71. The molecule has 2 aromatic rings. The lowest BCUT2D eigenvalue weighted by molar-refractivity contribution is -0.119. The van der Waals surface area contributed by atoms with Gasteiger partial charge < -0.3 is 5.73 Å². The molecule has 0 atom stereocenters. The van der Waals surface area contributed by atoms with Gasteiger partial charge in [0.25, 0.3) is 0 Å². The average Bonchev–Trinajstić information content (AvgIpc) is 2.80. The van der Waals surface area contributed by atoms with Gasteiger partial charge in [-0.2, -0.15) is 0 Å². The Balaban J connectivity index is 1.99. The molecular weight excluding hydrogens is 235 g/mol. The molecule has 0 spiro atoms. The summed E-state index contributed by atoms with van der Waals surface area (Å²) in [7, 11) is 0. The number of nitrogens with zero attached hydrogens (tertiary/aromatic N) is 3. The molecule has 1 aromatic heterocycles. The fraction of sp³-hybridized carbons (Fsp3) is 0.250. The number of rotatable bonds is 5. The van der Waals surface area contributed by atoms with Gasteiger partial charge in [0.1, 0.15) is 12.4 Å². The maximum absolute atomic E-state index is 13.3. The molecule has 2 N–H and O–H groups in total. The summed E-state index contributed by atoms with van der Waals surface area (Å²) >= 11 is 0. The Labute approximate surface area is 103 Å². The molecule has 0 saturated heterocycles. The Hall–Kier alpha value is -2.08. The predicted molar refractivity (Wildman–Crippen MR) is 63.0 cm³/mol. The summed E-state index contributed by atoms with van der Waals surface area (Å²) in [6.07, 6.45) is 1.66. The summed E-state index contributed by atoms with van der Waals surface area (Å²) in [4.78, 5) is 11.7. The van der Waals surface area contributed by atoms with Gasteiger partial charge in [-0.25, -0.2) is 9.07 Å². The molecule has 6 heteroatoms. The van der Waals surface area contributed by atoms with E-state index >= 15 is 0 Å². The van der Waals surface area contributed by atoms with Gasteiger partial charge in [-0.1, -0.05) is 23.4 Å². The number of halogens is 1. The van der Waals surface area contributed by atoms with E-state index in [2.05, 4.69) is 10.3 Å². The van der Waals surface area contributed by atoms with Crippen LogP contribution < -0.4 is 5.73 Å². The monoisotopic (exact) mass is 248 g/mol. The summed E-state index contributed by atoms with van der Waals surface area (Å²) in [6, 6.07) is 6.23. The van der Waals surface area contributed by atoms with E-state index in [4.69, 9.17) is 5.73 Å². The second-order valence-corrected chi connectivity index (χ2v) is 3.92. The third kappa shape index (κ3) is 2.98. The van der Waals surface area contributed by atoms with Crippen LogP contribution in [0.3, 0.4) is 0 Å². The van der Waals surface area contributed by atoms with Crippen LogP contribution in [0.15, 0.2) is 30.5 Å². The predicted octanol–water partition coefficient (Wildman–Crippen LogP) is 0.688. The third-order valence-electron chi connectivity index (χ3n) is 2.48. The van der Waals surface area contributed by atoms with Gasteiger partial charge in [-0.15, -0.1) is 5.10 Å². The van der Waals surface area contributed by atoms with Crippen LogP contribution >= 0.6 is 0 Å². The molecule has 0 aliphatic heterocycles. The molecular formula is C12H13FN4O. The fourth-order valence-electron chi connectivity index (χ4n) is 1.60. The second kappa shape index (κ2) is 5.50. The van der Waals surface area contributed by atoms with Crippen LogP contribution in [0.1, 0.15) is 11.3 Å². The van der Waals surface area contributed by atoms with Gasteiger partial charge in [0.05, 0.1) is 11.9 Å². The lowest BCUT2D eigenvalue weighted by Crippen LogP contribution is -2.13. The molecule has 0 radical (unpaired) electrons. The molecule has 5 nitrogen and oxygen atoms in total. The van der Waals surface area contributed by atoms with Crippen molar-refractivity contribution in [2.45, 2.75) is 19.5 Å². The maximum Gasteiger partial charge on any atom is 0.158 e. The van der Waals surface area contributed by atoms with E-state index in [0.29, 0.717) is 11.3 Å². The standard InChI is InChI=1S/C12H13FN4O/c13-12-4-2-1-3-9(12)5-11(18)8-17-7-10(6-14)15-16-17/h1-4,7H,5-6,8,14H2. The first-order valence-corrected chi connectivity index (χ1v) is 5.53. The average molecular weight is 248 g/mol. The van der Waals surface area contributed by atoms with Crippen molar-refractivity contribution in [1.82, 2.24) is 15.0 Å². The summed E-state index contributed by atoms with van der Waals surface area (Å²) in [5, 5.41) is 7.54. The van der Waals surface area contributed by atoms with Crippen LogP contribution in [0.5, 0.6) is 0 Å². The lowest BCUT2D eigenvalue weighted by atomic mass is 10.1. The van der Waals surface area contributed by atoms with Crippen LogP contribution in [0.25, 0.3) is 0 Å². The molecule has 0 unspecified atom stereocenters. The highest BCUT2D eigenvalue weighted by atomic mass is 19.1. The third-order valence-corrected chi connectivity index (χ3v) is 2.48. The van der Waals surface area contributed by atoms with Crippen molar-refractivity contribution in [3.05, 3.63) is 47.5 Å². The molecule has 18 heavy (non-hydrogen) atoms. The minimum Gasteiger partial charge on any atom is -0.325 e. The smallest absolute Gasteiger partial charge is 0.158 e. The number of benzene rings is 1. The molecule has 0 aliphatic carbocycles. The largest absolute Gasteiger partial charge is 0.325 e. The Kier molecular flexibility index (Phi) is 3.78. The summed E-state index contributed by atoms with van der Waals surface area (Å²) < 4.78 is 14.8. The van der Waals surface area contributed by atoms with Crippen molar-refractivity contribution in [2.75, 3.05) is 0 Å². The lowest BCUT2D eigenvalue weighted by Gasteiger charge is -2.02. The first-order chi connectivity index (χ1) is 8.69. The van der Waals surface area contributed by atoms with Crippen molar-refractivity contribution in [3.8, 4) is 0 Å². The van der Waals surface area contributed by atoms with Gasteiger partial charge in [0.15, 0.2) is 5.78 Å². The number of carbonyl (C=O) groups excluding carboxylic acids is 1. The molecule has 0 amide bonds. The molecule has 0 bridgehead atoms. The van der Waals surface area contributed by atoms with Gasteiger partial charge in [0.2, 0.25) is 0 Å². The van der Waals surface area contributed by atoms with E-state index in [1.54, 1.807) is 24.4 Å². The minimum atomic E-state index is -0.368. The number of Topliss-reactive ketones (excluding diaryl/α,β-unsaturated/α-hetero) is 1. The van der Waals surface area contributed by atoms with Gasteiger partial charge in [-0.3, -0.25) is 4.79 Å². The fourth-order valence-corrected chi connectivity index (χ4v) is 1.60. The van der Waals surface area contributed by atoms with Crippen molar-refractivity contribution >= 4 is 5.78 Å². The van der Waals surface area contributed by atoms with Gasteiger partial charge >= 0.3 is 0 Å². The highest BCUT2D eigenvalue weighted by Gasteiger charge is 2.09. The summed E-state index contributed by atoms with van der Waals surface area (Å²) in [5.41, 5.74) is 6.40. The van der Waals surface area contributed by atoms with Crippen LogP contribution in [0, 0.1) is 5.82 Å². The minimum absolute atomic E-state index is 0.0461. The normalized spacial score (nSPS) is 10.6. The number of hydrogen-bond acceptors (Lipinski definition) is 4. The van der Waals surface area contributed by atoms with Crippen LogP contribution in [0.2, 0.25) is 0 Å². The van der Waals surface area contributed by atoms with Crippen molar-refractivity contribution in [3.63, 3.8) is 0 Å². The topological polar surface area (TPSA) is 73.8 Å². The van der Waals surface area contributed by atoms with Gasteiger partial charge in [0, 0.05) is 13.0 Å². The van der Waals surface area contributed by atoms with E-state index in [1.165, 1.54) is 10.7 Å². The van der Waals surface area contributed by atoms with E-state index in [0.717, 1.165) is 0 Å². The summed E-state index contributed by atoms with van der Waals surface area (Å²) in [5.74, 6) is -0.499. The number of carbonyl (C=O) groups is 1.